The molecule has 1 amide bonds. The van der Waals surface area contributed by atoms with E-state index in [1.54, 1.807) is 11.8 Å². The van der Waals surface area contributed by atoms with E-state index in [0.717, 1.165) is 16.9 Å². The molecule has 5 heteroatoms. The van der Waals surface area contributed by atoms with Gasteiger partial charge in [0.15, 0.2) is 5.78 Å². The van der Waals surface area contributed by atoms with Crippen LogP contribution in [0.1, 0.15) is 47.7 Å². The molecule has 0 atom stereocenters. The van der Waals surface area contributed by atoms with Gasteiger partial charge in [0.25, 0.3) is 0 Å². The van der Waals surface area contributed by atoms with Crippen LogP contribution in [-0.2, 0) is 4.74 Å². The smallest absolute Gasteiger partial charge is 0.409 e. The van der Waals surface area contributed by atoms with Crippen molar-refractivity contribution >= 4 is 11.9 Å². The second-order valence-electron chi connectivity index (χ2n) is 6.53. The van der Waals surface area contributed by atoms with Gasteiger partial charge in [-0.05, 0) is 38.0 Å². The predicted octanol–water partition coefficient (Wildman–Crippen LogP) is 3.26. The molecule has 1 fully saturated rings. The Morgan fingerprint density at radius 1 is 1.30 bits per heavy atom. The summed E-state index contributed by atoms with van der Waals surface area (Å²) in [6, 6.07) is 3.95. The van der Waals surface area contributed by atoms with Crippen molar-refractivity contribution in [3.63, 3.8) is 0 Å². The topological polar surface area (TPSA) is 55.8 Å². The quantitative estimate of drug-likeness (QED) is 0.798. The Balaban J connectivity index is 1.79. The molecule has 23 heavy (non-hydrogen) atoms. The maximum atomic E-state index is 12.6. The lowest BCUT2D eigenvalue weighted by molar-refractivity contribution is -0.00907. The van der Waals surface area contributed by atoms with E-state index in [0.29, 0.717) is 44.5 Å². The van der Waals surface area contributed by atoms with E-state index < -0.39 is 5.60 Å². The number of Topliss-reactive ketones (excluding diaryl/α,β-unsaturated/α-hetero) is 1. The van der Waals surface area contributed by atoms with Crippen LogP contribution >= 0.6 is 0 Å². The molecule has 1 saturated heterocycles. The Bertz CT molecular complexity index is 645. The molecule has 0 radical (unpaired) electrons. The number of nitrogens with zero attached hydrogens (tertiary/aromatic N) is 1. The zero-order valence-corrected chi connectivity index (χ0v) is 14.0. The number of piperidine rings is 1. The first kappa shape index (κ1) is 15.8. The lowest BCUT2D eigenvalue weighted by Gasteiger charge is -2.44. The highest BCUT2D eigenvalue weighted by Gasteiger charge is 2.44. The Morgan fingerprint density at radius 2 is 2.00 bits per heavy atom. The number of fused-ring (bicyclic) bond motifs is 1. The average Bonchev–Trinajstić information content (AvgIpc) is 2.50. The van der Waals surface area contributed by atoms with E-state index >= 15 is 0 Å². The molecule has 0 saturated carbocycles. The number of rotatable bonds is 1. The Kier molecular flexibility index (Phi) is 4.04. The summed E-state index contributed by atoms with van der Waals surface area (Å²) >= 11 is 0. The van der Waals surface area contributed by atoms with Crippen molar-refractivity contribution in [1.82, 2.24) is 4.90 Å². The number of hydrogen-bond acceptors (Lipinski definition) is 4. The Morgan fingerprint density at radius 3 is 2.65 bits per heavy atom. The summed E-state index contributed by atoms with van der Waals surface area (Å²) in [6.45, 7) is 7.27. The third-order valence-corrected chi connectivity index (χ3v) is 4.72. The minimum atomic E-state index is -0.479. The maximum Gasteiger partial charge on any atom is 0.409 e. The van der Waals surface area contributed by atoms with E-state index in [9.17, 15) is 9.59 Å². The van der Waals surface area contributed by atoms with Crippen LogP contribution in [0.25, 0.3) is 0 Å². The van der Waals surface area contributed by atoms with Gasteiger partial charge in [0, 0.05) is 25.9 Å². The summed E-state index contributed by atoms with van der Waals surface area (Å²) in [7, 11) is 0. The highest BCUT2D eigenvalue weighted by molar-refractivity contribution is 6.01. The Hall–Kier alpha value is -2.04. The summed E-state index contributed by atoms with van der Waals surface area (Å²) in [5, 5.41) is 0. The number of ketones is 1. The summed E-state index contributed by atoms with van der Waals surface area (Å²) in [5.41, 5.74) is 2.29. The normalized spacial score (nSPS) is 19.3. The van der Waals surface area contributed by atoms with E-state index in [-0.39, 0.29) is 11.9 Å². The van der Waals surface area contributed by atoms with Crippen LogP contribution in [0.15, 0.2) is 12.1 Å². The van der Waals surface area contributed by atoms with Crippen LogP contribution in [0.4, 0.5) is 4.79 Å². The fraction of sp³-hybridized carbons (Fsp3) is 0.556. The zero-order valence-electron chi connectivity index (χ0n) is 14.0. The second-order valence-corrected chi connectivity index (χ2v) is 6.53. The van der Waals surface area contributed by atoms with Gasteiger partial charge in [0.1, 0.15) is 11.4 Å². The van der Waals surface area contributed by atoms with Crippen molar-refractivity contribution in [3.8, 4) is 5.75 Å². The van der Waals surface area contributed by atoms with Gasteiger partial charge in [0.05, 0.1) is 18.6 Å². The van der Waals surface area contributed by atoms with Gasteiger partial charge < -0.3 is 14.4 Å². The number of benzene rings is 1. The van der Waals surface area contributed by atoms with Crippen molar-refractivity contribution < 1.29 is 19.1 Å². The van der Waals surface area contributed by atoms with Gasteiger partial charge in [-0.3, -0.25) is 4.79 Å². The molecule has 2 aliphatic heterocycles. The number of aryl methyl sites for hydroxylation is 2. The number of amides is 1. The molecule has 2 aliphatic rings. The third kappa shape index (κ3) is 2.92. The van der Waals surface area contributed by atoms with Gasteiger partial charge in [-0.1, -0.05) is 6.07 Å². The molecule has 0 aromatic heterocycles. The fourth-order valence-electron chi connectivity index (χ4n) is 3.53. The van der Waals surface area contributed by atoms with Crippen molar-refractivity contribution in [2.75, 3.05) is 19.7 Å². The van der Waals surface area contributed by atoms with Gasteiger partial charge in [0.2, 0.25) is 0 Å². The van der Waals surface area contributed by atoms with Crippen molar-refractivity contribution in [2.24, 2.45) is 0 Å². The van der Waals surface area contributed by atoms with Crippen LogP contribution in [0, 0.1) is 13.8 Å². The second kappa shape index (κ2) is 5.87. The standard InChI is InChI=1S/C18H23NO4/c1-4-22-17(21)19-7-5-18(6-8-19)11-15(20)14-10-12(2)9-13(3)16(14)23-18/h9-10H,4-8,11H2,1-3H3. The molecule has 0 aliphatic carbocycles. The molecule has 1 spiro atoms. The minimum Gasteiger partial charge on any atom is -0.486 e. The van der Waals surface area contributed by atoms with E-state index in [1.165, 1.54) is 0 Å². The summed E-state index contributed by atoms with van der Waals surface area (Å²) in [6.07, 6.45) is 1.42. The fourth-order valence-corrected chi connectivity index (χ4v) is 3.53. The molecule has 124 valence electrons. The third-order valence-electron chi connectivity index (χ3n) is 4.72. The zero-order chi connectivity index (χ0) is 16.6. The van der Waals surface area contributed by atoms with Gasteiger partial charge in [-0.25, -0.2) is 4.79 Å². The molecule has 0 bridgehead atoms. The van der Waals surface area contributed by atoms with E-state index in [2.05, 4.69) is 0 Å². The number of carbonyl (C=O) groups is 2. The minimum absolute atomic E-state index is 0.141. The first-order chi connectivity index (χ1) is 10.9. The summed E-state index contributed by atoms with van der Waals surface area (Å²) < 4.78 is 11.4. The summed E-state index contributed by atoms with van der Waals surface area (Å²) in [5.74, 6) is 0.860. The number of ether oxygens (including phenoxy) is 2. The van der Waals surface area contributed by atoms with Crippen molar-refractivity contribution in [3.05, 3.63) is 28.8 Å². The Labute approximate surface area is 136 Å². The maximum absolute atomic E-state index is 12.6. The van der Waals surface area contributed by atoms with Gasteiger partial charge in [-0.15, -0.1) is 0 Å². The molecule has 2 heterocycles. The number of hydrogen-bond donors (Lipinski definition) is 0. The molecular weight excluding hydrogens is 294 g/mol. The molecule has 0 N–H and O–H groups in total. The van der Waals surface area contributed by atoms with Crippen molar-refractivity contribution in [2.45, 2.75) is 45.6 Å². The average molecular weight is 317 g/mol. The molecule has 1 aromatic carbocycles. The monoisotopic (exact) mass is 317 g/mol. The first-order valence-electron chi connectivity index (χ1n) is 8.19. The summed E-state index contributed by atoms with van der Waals surface area (Å²) in [4.78, 5) is 26.1. The SMILES string of the molecule is CCOC(=O)N1CCC2(CC1)CC(=O)c1cc(C)cc(C)c1O2. The first-order valence-corrected chi connectivity index (χ1v) is 8.19. The van der Waals surface area contributed by atoms with Crippen LogP contribution < -0.4 is 4.74 Å². The number of likely N-dealkylation sites (tertiary alicyclic amines) is 1. The molecule has 1 aromatic rings. The van der Waals surface area contributed by atoms with Crippen LogP contribution in [-0.4, -0.2) is 42.1 Å². The van der Waals surface area contributed by atoms with Gasteiger partial charge in [-0.2, -0.15) is 0 Å². The highest BCUT2D eigenvalue weighted by Crippen LogP contribution is 2.41. The highest BCUT2D eigenvalue weighted by atomic mass is 16.6. The van der Waals surface area contributed by atoms with Crippen LogP contribution in [0.3, 0.4) is 0 Å². The lowest BCUT2D eigenvalue weighted by Crippen LogP contribution is -2.52. The lowest BCUT2D eigenvalue weighted by atomic mass is 9.81. The van der Waals surface area contributed by atoms with Crippen LogP contribution in [0.2, 0.25) is 0 Å². The van der Waals surface area contributed by atoms with Crippen molar-refractivity contribution in [1.29, 1.82) is 0 Å². The molecular formula is C18H23NO4. The van der Waals surface area contributed by atoms with Gasteiger partial charge >= 0.3 is 6.09 Å². The largest absolute Gasteiger partial charge is 0.486 e. The molecule has 3 rings (SSSR count). The molecule has 5 nitrogen and oxygen atoms in total. The molecule has 0 unspecified atom stereocenters. The number of carbonyl (C=O) groups excluding carboxylic acids is 2. The predicted molar refractivity (Wildman–Crippen MR) is 86.1 cm³/mol. The van der Waals surface area contributed by atoms with Crippen LogP contribution in [0.5, 0.6) is 5.75 Å². The van der Waals surface area contributed by atoms with E-state index in [1.807, 2.05) is 26.0 Å². The van der Waals surface area contributed by atoms with E-state index in [4.69, 9.17) is 9.47 Å².